The molecule has 0 radical (unpaired) electrons. The van der Waals surface area contributed by atoms with Crippen LogP contribution in [0.5, 0.6) is 0 Å². The second-order valence-corrected chi connectivity index (χ2v) is 5.26. The zero-order valence-corrected chi connectivity index (χ0v) is 12.5. The van der Waals surface area contributed by atoms with Crippen LogP contribution in [0.15, 0.2) is 24.3 Å². The van der Waals surface area contributed by atoms with Gasteiger partial charge in [0, 0.05) is 31.1 Å². The van der Waals surface area contributed by atoms with Gasteiger partial charge < -0.3 is 11.1 Å². The van der Waals surface area contributed by atoms with Crippen molar-refractivity contribution < 1.29 is 9.72 Å². The predicted molar refractivity (Wildman–Crippen MR) is 82.1 cm³/mol. The Hall–Kier alpha value is -1.66. The molecule has 3 N–H and O–H groups in total. The molecular weight excluding hydrogens is 294 g/mol. The summed E-state index contributed by atoms with van der Waals surface area (Å²) in [5, 5.41) is 13.4. The number of non-ortho nitro benzene ring substituents is 1. The van der Waals surface area contributed by atoms with Crippen LogP contribution in [0, 0.1) is 16.0 Å². The molecule has 6 nitrogen and oxygen atoms in total. The maximum absolute atomic E-state index is 11.8. The number of nitrogens with one attached hydrogen (secondary N) is 1. The Labute approximate surface area is 129 Å². The number of rotatable bonds is 5. The molecule has 7 heteroatoms. The van der Waals surface area contributed by atoms with E-state index in [1.54, 1.807) is 12.1 Å². The molecule has 116 valence electrons. The van der Waals surface area contributed by atoms with Gasteiger partial charge in [0.2, 0.25) is 5.91 Å². The van der Waals surface area contributed by atoms with Crippen LogP contribution >= 0.6 is 12.4 Å². The largest absolute Gasteiger partial charge is 0.352 e. The summed E-state index contributed by atoms with van der Waals surface area (Å²) in [4.78, 5) is 21.9. The fourth-order valence-electron chi connectivity index (χ4n) is 2.57. The van der Waals surface area contributed by atoms with Crippen molar-refractivity contribution in [1.82, 2.24) is 5.32 Å². The molecule has 0 bridgehead atoms. The summed E-state index contributed by atoms with van der Waals surface area (Å²) in [7, 11) is 0. The summed E-state index contributed by atoms with van der Waals surface area (Å²) < 4.78 is 0. The van der Waals surface area contributed by atoms with E-state index < -0.39 is 4.92 Å². The molecule has 0 aromatic heterocycles. The van der Waals surface area contributed by atoms with Gasteiger partial charge in [-0.05, 0) is 24.3 Å². The lowest BCUT2D eigenvalue weighted by Crippen LogP contribution is -2.31. The van der Waals surface area contributed by atoms with Crippen LogP contribution in [-0.2, 0) is 11.3 Å². The normalized spacial score (nSPS) is 20.6. The fourth-order valence-corrected chi connectivity index (χ4v) is 2.57. The van der Waals surface area contributed by atoms with Crippen LogP contribution in [-0.4, -0.2) is 16.9 Å². The molecule has 2 rings (SSSR count). The van der Waals surface area contributed by atoms with Gasteiger partial charge in [-0.15, -0.1) is 12.4 Å². The number of carbonyl (C=O) groups excluding carboxylic acids is 1. The average Bonchev–Trinajstić information content (AvgIpc) is 2.82. The Morgan fingerprint density at radius 1 is 1.33 bits per heavy atom. The summed E-state index contributed by atoms with van der Waals surface area (Å²) in [6.07, 6.45) is 3.59. The number of nitrogens with two attached hydrogens (primary N) is 1. The minimum absolute atomic E-state index is 0. The Balaban J connectivity index is 0.00000220. The smallest absolute Gasteiger partial charge is 0.269 e. The zero-order valence-electron chi connectivity index (χ0n) is 11.7. The number of hydrogen-bond acceptors (Lipinski definition) is 4. The van der Waals surface area contributed by atoms with Gasteiger partial charge in [-0.3, -0.25) is 14.9 Å². The highest BCUT2D eigenvalue weighted by atomic mass is 35.5. The van der Waals surface area contributed by atoms with Gasteiger partial charge in [-0.1, -0.05) is 18.6 Å². The minimum atomic E-state index is -0.441. The molecule has 1 aliphatic rings. The van der Waals surface area contributed by atoms with E-state index in [0.717, 1.165) is 24.8 Å². The molecule has 2 atom stereocenters. The first-order chi connectivity index (χ1) is 9.56. The number of benzene rings is 1. The Morgan fingerprint density at radius 3 is 2.52 bits per heavy atom. The summed E-state index contributed by atoms with van der Waals surface area (Å²) in [5.41, 5.74) is 6.84. The Bertz CT molecular complexity index is 493. The molecule has 0 spiro atoms. The van der Waals surface area contributed by atoms with Gasteiger partial charge in [0.1, 0.15) is 0 Å². The molecule has 0 aliphatic heterocycles. The lowest BCUT2D eigenvalue weighted by molar-refractivity contribution is -0.384. The maximum atomic E-state index is 11.8. The summed E-state index contributed by atoms with van der Waals surface area (Å²) in [6.45, 7) is 0.388. The third kappa shape index (κ3) is 4.99. The molecule has 1 aromatic rings. The predicted octanol–water partition coefficient (Wildman–Crippen LogP) is 2.15. The lowest BCUT2D eigenvalue weighted by atomic mass is 10.00. The molecule has 1 amide bonds. The fraction of sp³-hybridized carbons (Fsp3) is 0.500. The van der Waals surface area contributed by atoms with E-state index in [4.69, 9.17) is 5.73 Å². The van der Waals surface area contributed by atoms with Gasteiger partial charge in [0.15, 0.2) is 0 Å². The van der Waals surface area contributed by atoms with Crippen LogP contribution in [0.3, 0.4) is 0 Å². The minimum Gasteiger partial charge on any atom is -0.352 e. The summed E-state index contributed by atoms with van der Waals surface area (Å²) in [6, 6.07) is 6.32. The third-order valence-electron chi connectivity index (χ3n) is 3.80. The van der Waals surface area contributed by atoms with E-state index >= 15 is 0 Å². The zero-order chi connectivity index (χ0) is 14.5. The molecule has 1 fully saturated rings. The Morgan fingerprint density at radius 2 is 2.00 bits per heavy atom. The van der Waals surface area contributed by atoms with Crippen molar-refractivity contribution in [3.05, 3.63) is 39.9 Å². The van der Waals surface area contributed by atoms with E-state index in [-0.39, 0.29) is 36.0 Å². The number of nitro groups is 1. The van der Waals surface area contributed by atoms with Crippen molar-refractivity contribution in [2.45, 2.75) is 38.3 Å². The first-order valence-corrected chi connectivity index (χ1v) is 6.82. The average molecular weight is 314 g/mol. The highest BCUT2D eigenvalue weighted by Gasteiger charge is 2.25. The first-order valence-electron chi connectivity index (χ1n) is 6.82. The second kappa shape index (κ2) is 7.95. The first kappa shape index (κ1) is 17.4. The van der Waals surface area contributed by atoms with Crippen molar-refractivity contribution in [3.8, 4) is 0 Å². The number of nitrogens with zero attached hydrogens (tertiary/aromatic N) is 1. The van der Waals surface area contributed by atoms with Gasteiger partial charge in [-0.25, -0.2) is 0 Å². The van der Waals surface area contributed by atoms with E-state index in [0.29, 0.717) is 13.0 Å². The van der Waals surface area contributed by atoms with Crippen molar-refractivity contribution in [1.29, 1.82) is 0 Å². The number of halogens is 1. The lowest BCUT2D eigenvalue weighted by Gasteiger charge is -2.14. The van der Waals surface area contributed by atoms with Crippen LogP contribution in [0.4, 0.5) is 5.69 Å². The van der Waals surface area contributed by atoms with E-state index in [1.165, 1.54) is 12.1 Å². The second-order valence-electron chi connectivity index (χ2n) is 5.26. The third-order valence-corrected chi connectivity index (χ3v) is 3.80. The summed E-state index contributed by atoms with van der Waals surface area (Å²) in [5.74, 6) is 0.276. The van der Waals surface area contributed by atoms with Gasteiger partial charge in [-0.2, -0.15) is 0 Å². The molecule has 1 aromatic carbocycles. The van der Waals surface area contributed by atoms with E-state index in [2.05, 4.69) is 5.32 Å². The maximum Gasteiger partial charge on any atom is 0.269 e. The van der Waals surface area contributed by atoms with Crippen molar-refractivity contribution in [3.63, 3.8) is 0 Å². The highest BCUT2D eigenvalue weighted by molar-refractivity contribution is 5.85. The van der Waals surface area contributed by atoms with Crippen LogP contribution < -0.4 is 11.1 Å². The van der Waals surface area contributed by atoms with Gasteiger partial charge in [0.25, 0.3) is 5.69 Å². The molecule has 1 aliphatic carbocycles. The molecule has 21 heavy (non-hydrogen) atoms. The van der Waals surface area contributed by atoms with Crippen LogP contribution in [0.2, 0.25) is 0 Å². The number of carbonyl (C=O) groups is 1. The molecule has 0 unspecified atom stereocenters. The van der Waals surface area contributed by atoms with Crippen molar-refractivity contribution in [2.75, 3.05) is 0 Å². The number of amides is 1. The highest BCUT2D eigenvalue weighted by Crippen LogP contribution is 2.26. The topological polar surface area (TPSA) is 98.3 Å². The van der Waals surface area contributed by atoms with Crippen LogP contribution in [0.1, 0.15) is 31.2 Å². The standard InChI is InChI=1S/C14H19N3O3.ClH/c15-13-3-1-2-11(13)8-14(18)16-9-10-4-6-12(7-5-10)17(19)20;/h4-7,11,13H,1-3,8-9,15H2,(H,16,18);1H/t11-,13+;/m0./s1. The monoisotopic (exact) mass is 313 g/mol. The quantitative estimate of drug-likeness (QED) is 0.642. The van der Waals surface area contributed by atoms with Gasteiger partial charge >= 0.3 is 0 Å². The molecular formula is C14H20ClN3O3. The van der Waals surface area contributed by atoms with E-state index in [1.807, 2.05) is 0 Å². The van der Waals surface area contributed by atoms with Crippen molar-refractivity contribution in [2.24, 2.45) is 11.7 Å². The van der Waals surface area contributed by atoms with Gasteiger partial charge in [0.05, 0.1) is 4.92 Å². The molecule has 0 saturated heterocycles. The molecule has 0 heterocycles. The number of nitro benzene ring substituents is 1. The SMILES string of the molecule is Cl.N[C@@H]1CCC[C@H]1CC(=O)NCc1ccc([N+](=O)[O-])cc1. The van der Waals surface area contributed by atoms with Crippen molar-refractivity contribution >= 4 is 24.0 Å². The summed E-state index contributed by atoms with van der Waals surface area (Å²) >= 11 is 0. The molecule has 1 saturated carbocycles. The number of hydrogen-bond donors (Lipinski definition) is 2. The Kier molecular flexibility index (Phi) is 6.58. The van der Waals surface area contributed by atoms with E-state index in [9.17, 15) is 14.9 Å². The van der Waals surface area contributed by atoms with Crippen LogP contribution in [0.25, 0.3) is 0 Å².